The van der Waals surface area contributed by atoms with Crippen molar-refractivity contribution in [3.05, 3.63) is 33.9 Å². The highest BCUT2D eigenvalue weighted by Crippen LogP contribution is 2.33. The van der Waals surface area contributed by atoms with Crippen LogP contribution in [0.3, 0.4) is 0 Å². The zero-order valence-electron chi connectivity index (χ0n) is 12.7. The second-order valence-corrected chi connectivity index (χ2v) is 6.37. The molecule has 3 rings (SSSR count). The maximum absolute atomic E-state index is 12.0. The van der Waals surface area contributed by atoms with Crippen LogP contribution in [0.25, 0.3) is 0 Å². The molecule has 1 aliphatic heterocycles. The molecular formula is C16H21N3O3. The van der Waals surface area contributed by atoms with Crippen LogP contribution < -0.4 is 5.32 Å². The smallest absolute Gasteiger partial charge is 0.292 e. The number of nitro benzene ring substituents is 1. The lowest BCUT2D eigenvalue weighted by atomic mass is 10.1. The van der Waals surface area contributed by atoms with E-state index in [-0.39, 0.29) is 16.5 Å². The third-order valence-corrected chi connectivity index (χ3v) is 4.45. The molecule has 0 aromatic heterocycles. The number of nitrogens with one attached hydrogen (secondary N) is 1. The molecule has 0 spiro atoms. The lowest BCUT2D eigenvalue weighted by molar-refractivity contribution is -0.384. The molecule has 22 heavy (non-hydrogen) atoms. The molecule has 1 unspecified atom stereocenters. The number of amides is 1. The van der Waals surface area contributed by atoms with Crippen molar-refractivity contribution >= 4 is 17.3 Å². The Hall–Kier alpha value is -2.11. The quantitative estimate of drug-likeness (QED) is 0.670. The summed E-state index contributed by atoms with van der Waals surface area (Å²) >= 11 is 0. The van der Waals surface area contributed by atoms with Crippen molar-refractivity contribution in [1.29, 1.82) is 0 Å². The molecule has 2 aliphatic rings. The van der Waals surface area contributed by atoms with Gasteiger partial charge in [0.2, 0.25) is 5.91 Å². The second kappa shape index (κ2) is 5.94. The number of nitrogens with zero attached hydrogens (tertiary/aromatic N) is 2. The van der Waals surface area contributed by atoms with Crippen LogP contribution in [0.5, 0.6) is 0 Å². The van der Waals surface area contributed by atoms with E-state index in [4.69, 9.17) is 0 Å². The molecular weight excluding hydrogens is 282 g/mol. The SMILES string of the molecule is Cc1ccc([N+](=O)[O-])c(NCC2CCN(C(=O)C3CC3)C2)c1. The van der Waals surface area contributed by atoms with Crippen LogP contribution in [0.2, 0.25) is 0 Å². The van der Waals surface area contributed by atoms with Crippen molar-refractivity contribution in [3.63, 3.8) is 0 Å². The molecule has 1 atom stereocenters. The van der Waals surface area contributed by atoms with Gasteiger partial charge in [-0.15, -0.1) is 0 Å². The lowest BCUT2D eigenvalue weighted by Crippen LogP contribution is -2.30. The first-order valence-corrected chi connectivity index (χ1v) is 7.82. The summed E-state index contributed by atoms with van der Waals surface area (Å²) in [4.78, 5) is 24.7. The highest BCUT2D eigenvalue weighted by atomic mass is 16.6. The molecule has 1 saturated heterocycles. The largest absolute Gasteiger partial charge is 0.379 e. The van der Waals surface area contributed by atoms with Gasteiger partial charge in [-0.3, -0.25) is 14.9 Å². The third-order valence-electron chi connectivity index (χ3n) is 4.45. The zero-order valence-corrected chi connectivity index (χ0v) is 12.7. The molecule has 2 fully saturated rings. The van der Waals surface area contributed by atoms with Gasteiger partial charge in [0.05, 0.1) is 4.92 Å². The lowest BCUT2D eigenvalue weighted by Gasteiger charge is -2.17. The summed E-state index contributed by atoms with van der Waals surface area (Å²) in [6.07, 6.45) is 3.03. The molecule has 6 heteroatoms. The Morgan fingerprint density at radius 1 is 1.41 bits per heavy atom. The number of nitro groups is 1. The zero-order chi connectivity index (χ0) is 15.7. The minimum Gasteiger partial charge on any atom is -0.379 e. The number of likely N-dealkylation sites (tertiary alicyclic amines) is 1. The summed E-state index contributed by atoms with van der Waals surface area (Å²) in [6.45, 7) is 4.17. The molecule has 1 saturated carbocycles. The van der Waals surface area contributed by atoms with Gasteiger partial charge in [0.25, 0.3) is 5.69 Å². The average molecular weight is 303 g/mol. The third kappa shape index (κ3) is 3.21. The van der Waals surface area contributed by atoms with Crippen LogP contribution in [-0.2, 0) is 4.79 Å². The van der Waals surface area contributed by atoms with Crippen LogP contribution in [-0.4, -0.2) is 35.4 Å². The Kier molecular flexibility index (Phi) is 4.00. The molecule has 1 amide bonds. The summed E-state index contributed by atoms with van der Waals surface area (Å²) < 4.78 is 0. The number of benzene rings is 1. The van der Waals surface area contributed by atoms with Gasteiger partial charge in [-0.1, -0.05) is 6.07 Å². The van der Waals surface area contributed by atoms with Crippen molar-refractivity contribution in [2.75, 3.05) is 25.0 Å². The highest BCUT2D eigenvalue weighted by molar-refractivity contribution is 5.81. The first-order valence-electron chi connectivity index (χ1n) is 7.82. The van der Waals surface area contributed by atoms with E-state index in [2.05, 4.69) is 5.32 Å². The first-order chi connectivity index (χ1) is 10.5. The van der Waals surface area contributed by atoms with Gasteiger partial charge in [0.1, 0.15) is 5.69 Å². The standard InChI is InChI=1S/C16H21N3O3/c1-11-2-5-15(19(21)22)14(8-11)17-9-12-6-7-18(10-12)16(20)13-3-4-13/h2,5,8,12-13,17H,3-4,6-7,9-10H2,1H3. The Morgan fingerprint density at radius 3 is 2.86 bits per heavy atom. The molecule has 6 nitrogen and oxygen atoms in total. The first kappa shape index (κ1) is 14.8. The fourth-order valence-corrected chi connectivity index (χ4v) is 2.99. The number of carbonyl (C=O) groups is 1. The van der Waals surface area contributed by atoms with Crippen LogP contribution in [0.1, 0.15) is 24.8 Å². The van der Waals surface area contributed by atoms with Gasteiger partial charge in [0.15, 0.2) is 0 Å². The molecule has 118 valence electrons. The molecule has 1 heterocycles. The van der Waals surface area contributed by atoms with Gasteiger partial charge in [-0.25, -0.2) is 0 Å². The number of hydrogen-bond donors (Lipinski definition) is 1. The van der Waals surface area contributed by atoms with E-state index < -0.39 is 0 Å². The number of rotatable bonds is 5. The predicted molar refractivity (Wildman–Crippen MR) is 83.7 cm³/mol. The van der Waals surface area contributed by atoms with Crippen molar-refractivity contribution in [2.45, 2.75) is 26.2 Å². The van der Waals surface area contributed by atoms with E-state index in [9.17, 15) is 14.9 Å². The van der Waals surface area contributed by atoms with Crippen LogP contribution >= 0.6 is 0 Å². The minimum atomic E-state index is -0.362. The Morgan fingerprint density at radius 2 is 2.18 bits per heavy atom. The van der Waals surface area contributed by atoms with Crippen molar-refractivity contribution in [3.8, 4) is 0 Å². The van der Waals surface area contributed by atoms with Crippen molar-refractivity contribution in [1.82, 2.24) is 4.90 Å². The number of carbonyl (C=O) groups excluding carboxylic acids is 1. The summed E-state index contributed by atoms with van der Waals surface area (Å²) in [5.41, 5.74) is 1.66. The summed E-state index contributed by atoms with van der Waals surface area (Å²) in [5, 5.41) is 14.3. The molecule has 1 aliphatic carbocycles. The van der Waals surface area contributed by atoms with Gasteiger partial charge >= 0.3 is 0 Å². The highest BCUT2D eigenvalue weighted by Gasteiger charge is 2.36. The number of hydrogen-bond acceptors (Lipinski definition) is 4. The van der Waals surface area contributed by atoms with Gasteiger partial charge in [0, 0.05) is 31.6 Å². The van der Waals surface area contributed by atoms with E-state index in [1.165, 1.54) is 6.07 Å². The molecule has 1 aromatic rings. The van der Waals surface area contributed by atoms with Crippen LogP contribution in [0.4, 0.5) is 11.4 Å². The average Bonchev–Trinajstić information content (AvgIpc) is 3.22. The van der Waals surface area contributed by atoms with Crippen LogP contribution in [0.15, 0.2) is 18.2 Å². The summed E-state index contributed by atoms with van der Waals surface area (Å²) in [6, 6.07) is 5.09. The van der Waals surface area contributed by atoms with Gasteiger partial charge < -0.3 is 10.2 Å². The fourth-order valence-electron chi connectivity index (χ4n) is 2.99. The maximum atomic E-state index is 12.0. The van der Waals surface area contributed by atoms with Crippen LogP contribution in [0, 0.1) is 28.9 Å². The van der Waals surface area contributed by atoms with E-state index in [1.807, 2.05) is 11.8 Å². The number of aryl methyl sites for hydroxylation is 1. The number of anilines is 1. The summed E-state index contributed by atoms with van der Waals surface area (Å²) in [5.74, 6) is 0.927. The fraction of sp³-hybridized carbons (Fsp3) is 0.562. The van der Waals surface area contributed by atoms with E-state index in [0.717, 1.165) is 37.9 Å². The van der Waals surface area contributed by atoms with Crippen molar-refractivity contribution in [2.24, 2.45) is 11.8 Å². The predicted octanol–water partition coefficient (Wildman–Crippen LogP) is 2.57. The summed E-state index contributed by atoms with van der Waals surface area (Å²) in [7, 11) is 0. The minimum absolute atomic E-state index is 0.106. The molecule has 0 radical (unpaired) electrons. The molecule has 0 bridgehead atoms. The van der Waals surface area contributed by atoms with E-state index >= 15 is 0 Å². The van der Waals surface area contributed by atoms with E-state index in [0.29, 0.717) is 24.1 Å². The second-order valence-electron chi connectivity index (χ2n) is 6.37. The van der Waals surface area contributed by atoms with Gasteiger partial charge in [-0.05, 0) is 43.7 Å². The molecule has 1 N–H and O–H groups in total. The monoisotopic (exact) mass is 303 g/mol. The Balaban J connectivity index is 1.58. The normalized spacial score (nSPS) is 21.0. The van der Waals surface area contributed by atoms with Crippen molar-refractivity contribution < 1.29 is 9.72 Å². The molecule has 1 aromatic carbocycles. The topological polar surface area (TPSA) is 75.5 Å². The van der Waals surface area contributed by atoms with Gasteiger partial charge in [-0.2, -0.15) is 0 Å². The Bertz CT molecular complexity index is 598. The Labute approximate surface area is 129 Å². The maximum Gasteiger partial charge on any atom is 0.292 e. The van der Waals surface area contributed by atoms with E-state index in [1.54, 1.807) is 12.1 Å².